The predicted octanol–water partition coefficient (Wildman–Crippen LogP) is 3.70. The molecule has 0 aliphatic carbocycles. The zero-order chi connectivity index (χ0) is 11.8. The van der Waals surface area contributed by atoms with Crippen molar-refractivity contribution >= 4 is 28.8 Å². The maximum atomic E-state index is 5.98. The van der Waals surface area contributed by atoms with Crippen molar-refractivity contribution in [1.82, 2.24) is 14.4 Å². The average Bonchev–Trinajstić information content (AvgIpc) is 2.71. The molecule has 0 amide bonds. The highest BCUT2D eigenvalue weighted by molar-refractivity contribution is 6.30. The first-order valence-electron chi connectivity index (χ1n) is 4.98. The molecule has 3 nitrogen and oxygen atoms in total. The summed E-state index contributed by atoms with van der Waals surface area (Å²) < 4.78 is 1.92. The van der Waals surface area contributed by atoms with Gasteiger partial charge in [0.25, 0.3) is 0 Å². The van der Waals surface area contributed by atoms with Crippen LogP contribution in [0.3, 0.4) is 0 Å². The fourth-order valence-corrected chi connectivity index (χ4v) is 2.06. The summed E-state index contributed by atoms with van der Waals surface area (Å²) in [5, 5.41) is 1.12. The van der Waals surface area contributed by atoms with Gasteiger partial charge in [-0.15, -0.1) is 0 Å². The second-order valence-corrected chi connectivity index (χ2v) is 4.41. The van der Waals surface area contributed by atoms with E-state index < -0.39 is 0 Å². The van der Waals surface area contributed by atoms with Crippen LogP contribution in [-0.2, 0) is 0 Å². The summed E-state index contributed by atoms with van der Waals surface area (Å²) in [6.07, 6.45) is 5.28. The van der Waals surface area contributed by atoms with Crippen LogP contribution in [0.4, 0.5) is 0 Å². The molecule has 0 spiro atoms. The van der Waals surface area contributed by atoms with Gasteiger partial charge in [-0.05, 0) is 24.3 Å². The lowest BCUT2D eigenvalue weighted by atomic mass is 10.2. The Hall–Kier alpha value is -1.58. The summed E-state index contributed by atoms with van der Waals surface area (Å²) in [5.41, 5.74) is 2.74. The first kappa shape index (κ1) is 10.6. The molecule has 0 saturated heterocycles. The number of aromatic nitrogens is 3. The minimum Gasteiger partial charge on any atom is -0.298 e. The molecule has 3 rings (SSSR count). The molecule has 0 aliphatic rings. The maximum Gasteiger partial charge on any atom is 0.137 e. The number of fused-ring (bicyclic) bond motifs is 1. The fraction of sp³-hybridized carbons (Fsp3) is 0. The summed E-state index contributed by atoms with van der Waals surface area (Å²) in [6.45, 7) is 0. The topological polar surface area (TPSA) is 30.2 Å². The van der Waals surface area contributed by atoms with Gasteiger partial charge in [0, 0.05) is 18.0 Å². The number of rotatable bonds is 1. The van der Waals surface area contributed by atoms with Gasteiger partial charge in [0.15, 0.2) is 0 Å². The Morgan fingerprint density at radius 2 is 1.94 bits per heavy atom. The Morgan fingerprint density at radius 1 is 1.06 bits per heavy atom. The molecule has 0 radical (unpaired) electrons. The smallest absolute Gasteiger partial charge is 0.137 e. The van der Waals surface area contributed by atoms with E-state index in [0.717, 1.165) is 16.9 Å². The Kier molecular flexibility index (Phi) is 2.50. The first-order chi connectivity index (χ1) is 8.24. The molecule has 0 fully saturated rings. The second-order valence-electron chi connectivity index (χ2n) is 3.59. The number of imidazole rings is 1. The average molecular weight is 264 g/mol. The summed E-state index contributed by atoms with van der Waals surface area (Å²) in [4.78, 5) is 8.26. The van der Waals surface area contributed by atoms with Gasteiger partial charge in [0.2, 0.25) is 0 Å². The first-order valence-corrected chi connectivity index (χ1v) is 5.74. The molecule has 0 aliphatic heterocycles. The highest BCUT2D eigenvalue weighted by Gasteiger charge is 2.06. The number of hydrogen-bond acceptors (Lipinski definition) is 2. The summed E-state index contributed by atoms with van der Waals surface area (Å²) in [7, 11) is 0. The molecule has 0 saturated carbocycles. The van der Waals surface area contributed by atoms with Crippen LogP contribution >= 0.6 is 23.2 Å². The van der Waals surface area contributed by atoms with Crippen LogP contribution in [0.25, 0.3) is 16.9 Å². The highest BCUT2D eigenvalue weighted by atomic mass is 35.5. The predicted molar refractivity (Wildman–Crippen MR) is 68.4 cm³/mol. The minimum absolute atomic E-state index is 0.458. The number of hydrogen-bond donors (Lipinski definition) is 0. The lowest BCUT2D eigenvalue weighted by Crippen LogP contribution is -1.88. The van der Waals surface area contributed by atoms with E-state index in [2.05, 4.69) is 9.97 Å². The van der Waals surface area contributed by atoms with Crippen molar-refractivity contribution in [3.8, 4) is 11.3 Å². The zero-order valence-electron chi connectivity index (χ0n) is 8.64. The molecule has 0 aromatic carbocycles. The third-order valence-electron chi connectivity index (χ3n) is 2.49. The van der Waals surface area contributed by atoms with Crippen molar-refractivity contribution < 1.29 is 0 Å². The van der Waals surface area contributed by atoms with E-state index in [4.69, 9.17) is 23.2 Å². The fourth-order valence-electron chi connectivity index (χ4n) is 1.73. The normalized spacial score (nSPS) is 10.9. The quantitative estimate of drug-likeness (QED) is 0.627. The van der Waals surface area contributed by atoms with Gasteiger partial charge in [-0.3, -0.25) is 4.40 Å². The van der Waals surface area contributed by atoms with Crippen molar-refractivity contribution in [3.05, 3.63) is 53.0 Å². The Balaban J connectivity index is 2.27. The van der Waals surface area contributed by atoms with E-state index in [0.29, 0.717) is 10.2 Å². The molecule has 0 unspecified atom stereocenters. The third-order valence-corrected chi connectivity index (χ3v) is 2.92. The van der Waals surface area contributed by atoms with Gasteiger partial charge < -0.3 is 0 Å². The molecular weight excluding hydrogens is 257 g/mol. The largest absolute Gasteiger partial charge is 0.298 e. The molecule has 84 valence electrons. The van der Waals surface area contributed by atoms with Crippen molar-refractivity contribution in [1.29, 1.82) is 0 Å². The van der Waals surface area contributed by atoms with Gasteiger partial charge >= 0.3 is 0 Å². The molecular formula is C12H7Cl2N3. The minimum atomic E-state index is 0.458. The van der Waals surface area contributed by atoms with Gasteiger partial charge in [-0.2, -0.15) is 0 Å². The molecule has 3 aromatic heterocycles. The monoisotopic (exact) mass is 263 g/mol. The number of pyridine rings is 2. The Bertz CT molecular complexity index is 691. The van der Waals surface area contributed by atoms with Gasteiger partial charge in [0.05, 0.1) is 16.9 Å². The van der Waals surface area contributed by atoms with Crippen LogP contribution in [0.15, 0.2) is 42.9 Å². The Labute approximate surface area is 108 Å². The molecule has 0 atom stereocenters. The number of halogens is 2. The molecule has 3 aromatic rings. The van der Waals surface area contributed by atoms with Gasteiger partial charge in [-0.25, -0.2) is 9.97 Å². The molecule has 5 heteroatoms. The second kappa shape index (κ2) is 4.02. The van der Waals surface area contributed by atoms with Gasteiger partial charge in [0.1, 0.15) is 10.8 Å². The van der Waals surface area contributed by atoms with Crippen LogP contribution in [0.2, 0.25) is 10.2 Å². The van der Waals surface area contributed by atoms with Crippen molar-refractivity contribution in [3.63, 3.8) is 0 Å². The summed E-state index contributed by atoms with van der Waals surface area (Å²) in [6, 6.07) is 7.37. The van der Waals surface area contributed by atoms with Crippen molar-refractivity contribution in [2.45, 2.75) is 0 Å². The molecule has 17 heavy (non-hydrogen) atoms. The van der Waals surface area contributed by atoms with Crippen LogP contribution in [0, 0.1) is 0 Å². The molecule has 0 bridgehead atoms. The van der Waals surface area contributed by atoms with Crippen LogP contribution in [-0.4, -0.2) is 14.4 Å². The van der Waals surface area contributed by atoms with E-state index in [-0.39, 0.29) is 0 Å². The number of nitrogens with zero attached hydrogens (tertiary/aromatic N) is 3. The van der Waals surface area contributed by atoms with E-state index in [1.807, 2.05) is 28.8 Å². The van der Waals surface area contributed by atoms with E-state index in [1.165, 1.54) is 0 Å². The molecule has 3 heterocycles. The van der Waals surface area contributed by atoms with Crippen LogP contribution in [0.5, 0.6) is 0 Å². The zero-order valence-corrected chi connectivity index (χ0v) is 10.2. The SMILES string of the molecule is Clc1ccc2ncc(-c3ccnc(Cl)c3)n2c1. The maximum absolute atomic E-state index is 5.98. The lowest BCUT2D eigenvalue weighted by Gasteiger charge is -2.02. The highest BCUT2D eigenvalue weighted by Crippen LogP contribution is 2.23. The van der Waals surface area contributed by atoms with Crippen LogP contribution in [0.1, 0.15) is 0 Å². The summed E-state index contributed by atoms with van der Waals surface area (Å²) in [5.74, 6) is 0. The standard InChI is InChI=1S/C12H7Cl2N3/c13-9-1-2-12-16-6-10(17(12)7-9)8-3-4-15-11(14)5-8/h1-7H. The van der Waals surface area contributed by atoms with E-state index >= 15 is 0 Å². The van der Waals surface area contributed by atoms with E-state index in [1.54, 1.807) is 18.5 Å². The van der Waals surface area contributed by atoms with E-state index in [9.17, 15) is 0 Å². The molecule has 0 N–H and O–H groups in total. The van der Waals surface area contributed by atoms with Crippen molar-refractivity contribution in [2.24, 2.45) is 0 Å². The Morgan fingerprint density at radius 3 is 2.76 bits per heavy atom. The lowest BCUT2D eigenvalue weighted by molar-refractivity contribution is 1.19. The summed E-state index contributed by atoms with van der Waals surface area (Å²) >= 11 is 11.9. The van der Waals surface area contributed by atoms with Crippen molar-refractivity contribution in [2.75, 3.05) is 0 Å². The third kappa shape index (κ3) is 1.88. The van der Waals surface area contributed by atoms with Crippen LogP contribution < -0.4 is 0 Å². The van der Waals surface area contributed by atoms with Gasteiger partial charge in [-0.1, -0.05) is 23.2 Å².